The minimum Gasteiger partial charge on any atom is -0.416 e. The number of hydrogen-bond donors (Lipinski definition) is 0. The summed E-state index contributed by atoms with van der Waals surface area (Å²) in [6, 6.07) is 7.87. The number of carbonyl (C=O) groups excluding carboxylic acids is 1. The van der Waals surface area contributed by atoms with Gasteiger partial charge < -0.3 is 14.2 Å². The molecule has 1 aromatic carbocycles. The van der Waals surface area contributed by atoms with Gasteiger partial charge in [-0.1, -0.05) is 30.0 Å². The minimum absolute atomic E-state index is 0.0777. The van der Waals surface area contributed by atoms with Crippen LogP contribution >= 0.6 is 11.8 Å². The lowest BCUT2D eigenvalue weighted by atomic mass is 10.1. The molecule has 11 heteroatoms. The number of benzene rings is 1. The van der Waals surface area contributed by atoms with E-state index in [0.717, 1.165) is 6.07 Å². The first-order valence-corrected chi connectivity index (χ1v) is 10.2. The number of thioether (sulfide) groups is 1. The van der Waals surface area contributed by atoms with Crippen molar-refractivity contribution in [1.29, 1.82) is 0 Å². The molecule has 158 valence electrons. The van der Waals surface area contributed by atoms with Gasteiger partial charge in [0.1, 0.15) is 5.69 Å². The largest absolute Gasteiger partial charge is 0.433 e. The fourth-order valence-electron chi connectivity index (χ4n) is 3.31. The average Bonchev–Trinajstić information content (AvgIpc) is 3.16. The molecule has 0 spiro atoms. The molecule has 3 aromatic rings. The zero-order valence-corrected chi connectivity index (χ0v) is 16.8. The topological polar surface area (TPSA) is 75.4 Å². The number of para-hydroxylation sites is 1. The summed E-state index contributed by atoms with van der Waals surface area (Å²) in [5, 5.41) is 8.55. The van der Waals surface area contributed by atoms with Crippen LogP contribution in [0.25, 0.3) is 10.9 Å². The zero-order valence-electron chi connectivity index (χ0n) is 16.0. The Hall–Kier alpha value is -2.82. The Balaban J connectivity index is 1.46. The maximum atomic E-state index is 13.3. The predicted molar refractivity (Wildman–Crippen MR) is 105 cm³/mol. The molecule has 0 atom stereocenters. The number of aryl methyl sites for hydroxylation is 1. The van der Waals surface area contributed by atoms with Crippen LogP contribution < -0.4 is 4.90 Å². The van der Waals surface area contributed by atoms with Crippen molar-refractivity contribution in [1.82, 2.24) is 20.1 Å². The number of anilines is 1. The number of nitrogens with zero attached hydrogens (tertiary/aromatic N) is 5. The van der Waals surface area contributed by atoms with Crippen molar-refractivity contribution in [2.75, 3.05) is 36.8 Å². The molecular weight excluding hydrogens is 419 g/mol. The monoisotopic (exact) mass is 437 g/mol. The molecule has 1 fully saturated rings. The molecule has 2 aromatic heterocycles. The van der Waals surface area contributed by atoms with Crippen LogP contribution in [-0.2, 0) is 11.0 Å². The summed E-state index contributed by atoms with van der Waals surface area (Å²) < 4.78 is 45.2. The maximum absolute atomic E-state index is 13.3. The Morgan fingerprint density at radius 3 is 2.57 bits per heavy atom. The lowest BCUT2D eigenvalue weighted by Gasteiger charge is -2.36. The minimum atomic E-state index is -4.53. The van der Waals surface area contributed by atoms with Crippen molar-refractivity contribution >= 4 is 34.3 Å². The van der Waals surface area contributed by atoms with Gasteiger partial charge in [0.15, 0.2) is 0 Å². The quantitative estimate of drug-likeness (QED) is 0.579. The first kappa shape index (κ1) is 20.5. The third kappa shape index (κ3) is 4.35. The maximum Gasteiger partial charge on any atom is 0.433 e. The van der Waals surface area contributed by atoms with Crippen molar-refractivity contribution in [2.45, 2.75) is 18.3 Å². The normalized spacial score (nSPS) is 15.1. The number of aromatic nitrogens is 3. The fraction of sp³-hybridized carbons (Fsp3) is 0.368. The van der Waals surface area contributed by atoms with E-state index >= 15 is 0 Å². The first-order valence-electron chi connectivity index (χ1n) is 9.24. The lowest BCUT2D eigenvalue weighted by Crippen LogP contribution is -2.49. The summed E-state index contributed by atoms with van der Waals surface area (Å²) in [4.78, 5) is 19.8. The van der Waals surface area contributed by atoms with E-state index in [0.29, 0.717) is 53.9 Å². The molecule has 0 radical (unpaired) electrons. The smallest absolute Gasteiger partial charge is 0.416 e. The molecule has 3 heterocycles. The number of carbonyl (C=O) groups is 1. The van der Waals surface area contributed by atoms with Crippen molar-refractivity contribution in [3.05, 3.63) is 41.9 Å². The molecule has 0 saturated carbocycles. The van der Waals surface area contributed by atoms with Gasteiger partial charge >= 0.3 is 6.18 Å². The van der Waals surface area contributed by atoms with Crippen LogP contribution in [0.15, 0.2) is 40.0 Å². The summed E-state index contributed by atoms with van der Waals surface area (Å²) in [5.41, 5.74) is -0.135. The van der Waals surface area contributed by atoms with Crippen LogP contribution in [0.1, 0.15) is 11.6 Å². The number of pyridine rings is 1. The molecule has 0 bridgehead atoms. The summed E-state index contributed by atoms with van der Waals surface area (Å²) >= 11 is 1.17. The second-order valence-electron chi connectivity index (χ2n) is 6.79. The molecule has 0 unspecified atom stereocenters. The summed E-state index contributed by atoms with van der Waals surface area (Å²) in [6.45, 7) is 3.37. The van der Waals surface area contributed by atoms with Gasteiger partial charge in [-0.05, 0) is 12.1 Å². The van der Waals surface area contributed by atoms with Crippen molar-refractivity contribution < 1.29 is 22.4 Å². The number of fused-ring (bicyclic) bond motifs is 1. The third-order valence-corrected chi connectivity index (χ3v) is 5.59. The Morgan fingerprint density at radius 1 is 1.17 bits per heavy atom. The second-order valence-corrected chi connectivity index (χ2v) is 7.71. The SMILES string of the molecule is Cc1nnc(SCC(=O)N2CCN(c3cc(C(F)(F)F)nc4ccccc34)CC2)o1. The van der Waals surface area contributed by atoms with Crippen LogP contribution in [0.3, 0.4) is 0 Å². The molecule has 1 amide bonds. The van der Waals surface area contributed by atoms with Gasteiger partial charge in [-0.3, -0.25) is 4.79 Å². The highest BCUT2D eigenvalue weighted by Crippen LogP contribution is 2.35. The van der Waals surface area contributed by atoms with E-state index in [4.69, 9.17) is 4.42 Å². The van der Waals surface area contributed by atoms with E-state index in [-0.39, 0.29) is 11.7 Å². The number of alkyl halides is 3. The first-order chi connectivity index (χ1) is 14.3. The fourth-order valence-corrected chi connectivity index (χ4v) is 4.02. The number of rotatable bonds is 4. The lowest BCUT2D eigenvalue weighted by molar-refractivity contribution is -0.140. The van der Waals surface area contributed by atoms with E-state index in [2.05, 4.69) is 15.2 Å². The van der Waals surface area contributed by atoms with Crippen molar-refractivity contribution in [3.63, 3.8) is 0 Å². The summed E-state index contributed by atoms with van der Waals surface area (Å²) in [7, 11) is 0. The van der Waals surface area contributed by atoms with Crippen LogP contribution in [0, 0.1) is 6.92 Å². The number of amides is 1. The second kappa shape index (κ2) is 8.13. The molecule has 30 heavy (non-hydrogen) atoms. The van der Waals surface area contributed by atoms with Gasteiger partial charge in [-0.2, -0.15) is 13.2 Å². The van der Waals surface area contributed by atoms with E-state index in [1.807, 2.05) is 4.90 Å². The van der Waals surface area contributed by atoms with Gasteiger partial charge in [-0.15, -0.1) is 10.2 Å². The molecule has 4 rings (SSSR count). The van der Waals surface area contributed by atoms with Crippen LogP contribution in [-0.4, -0.2) is 57.9 Å². The van der Waals surface area contributed by atoms with Gasteiger partial charge in [0.2, 0.25) is 11.8 Å². The highest BCUT2D eigenvalue weighted by molar-refractivity contribution is 7.99. The van der Waals surface area contributed by atoms with E-state index in [1.54, 1.807) is 36.1 Å². The standard InChI is InChI=1S/C19H18F3N5O2S/c1-12-24-25-18(29-12)30-11-17(28)27-8-6-26(7-9-27)15-10-16(19(20,21)22)23-14-5-3-2-4-13(14)15/h2-5,10H,6-9,11H2,1H3. The Kier molecular flexibility index (Phi) is 5.54. The number of piperazine rings is 1. The van der Waals surface area contributed by atoms with Crippen LogP contribution in [0.2, 0.25) is 0 Å². The molecule has 0 N–H and O–H groups in total. The van der Waals surface area contributed by atoms with E-state index in [9.17, 15) is 18.0 Å². The average molecular weight is 437 g/mol. The Labute approximate surface area is 174 Å². The van der Waals surface area contributed by atoms with Gasteiger partial charge in [0.05, 0.1) is 11.3 Å². The van der Waals surface area contributed by atoms with Crippen molar-refractivity contribution in [2.24, 2.45) is 0 Å². The number of hydrogen-bond acceptors (Lipinski definition) is 7. The zero-order chi connectivity index (χ0) is 21.3. The van der Waals surface area contributed by atoms with Crippen molar-refractivity contribution in [3.8, 4) is 0 Å². The predicted octanol–water partition coefficient (Wildman–Crippen LogP) is 3.39. The molecule has 1 aliphatic heterocycles. The molecule has 1 aliphatic rings. The van der Waals surface area contributed by atoms with Crippen LogP contribution in [0.4, 0.5) is 18.9 Å². The van der Waals surface area contributed by atoms with E-state index in [1.165, 1.54) is 11.8 Å². The van der Waals surface area contributed by atoms with Crippen LogP contribution in [0.5, 0.6) is 0 Å². The molecule has 1 saturated heterocycles. The summed E-state index contributed by atoms with van der Waals surface area (Å²) in [6.07, 6.45) is -4.53. The van der Waals surface area contributed by atoms with Gasteiger partial charge in [0, 0.05) is 44.2 Å². The Bertz CT molecular complexity index is 1060. The summed E-state index contributed by atoms with van der Waals surface area (Å²) in [5.74, 6) is 0.519. The highest BCUT2D eigenvalue weighted by atomic mass is 32.2. The van der Waals surface area contributed by atoms with Gasteiger partial charge in [-0.25, -0.2) is 4.98 Å². The third-order valence-electron chi connectivity index (χ3n) is 4.78. The molecule has 7 nitrogen and oxygen atoms in total. The number of halogens is 3. The Morgan fingerprint density at radius 2 is 1.90 bits per heavy atom. The van der Waals surface area contributed by atoms with E-state index < -0.39 is 11.9 Å². The molecular formula is C19H18F3N5O2S. The molecule has 0 aliphatic carbocycles. The van der Waals surface area contributed by atoms with Gasteiger partial charge in [0.25, 0.3) is 5.22 Å². The highest BCUT2D eigenvalue weighted by Gasteiger charge is 2.34.